The van der Waals surface area contributed by atoms with Gasteiger partial charge >= 0.3 is 0 Å². The minimum absolute atomic E-state index is 0.592. The number of nitrogens with two attached hydrogens (primary N) is 1. The van der Waals surface area contributed by atoms with E-state index >= 15 is 0 Å². The molecule has 0 unspecified atom stereocenters. The molecule has 0 amide bonds. The van der Waals surface area contributed by atoms with Gasteiger partial charge in [-0.05, 0) is 42.7 Å². The highest BCUT2D eigenvalue weighted by molar-refractivity contribution is 6.06. The molecule has 6 heteroatoms. The van der Waals surface area contributed by atoms with Crippen molar-refractivity contribution in [1.82, 2.24) is 15.0 Å². The Morgan fingerprint density at radius 2 is 1.96 bits per heavy atom. The van der Waals surface area contributed by atoms with Crippen LogP contribution >= 0.6 is 0 Å². The third kappa shape index (κ3) is 2.47. The second kappa shape index (κ2) is 6.20. The van der Waals surface area contributed by atoms with Crippen molar-refractivity contribution >= 4 is 28.0 Å². The van der Waals surface area contributed by atoms with Crippen LogP contribution in [0, 0.1) is 5.92 Å². The van der Waals surface area contributed by atoms with E-state index in [0.29, 0.717) is 5.92 Å². The lowest BCUT2D eigenvalue weighted by Crippen LogP contribution is -2.89. The Bertz CT molecular complexity index is 971. The van der Waals surface area contributed by atoms with Gasteiger partial charge in [0, 0.05) is 5.69 Å². The number of nitrogens with zero attached hydrogens (tertiary/aromatic N) is 4. The van der Waals surface area contributed by atoms with Gasteiger partial charge in [0.25, 0.3) is 0 Å². The zero-order valence-corrected chi connectivity index (χ0v) is 15.6. The number of pyridine rings is 1. The molecular weight excluding hydrogens is 326 g/mol. The van der Waals surface area contributed by atoms with E-state index in [1.54, 1.807) is 6.33 Å². The number of piperazine rings is 1. The van der Waals surface area contributed by atoms with Crippen molar-refractivity contribution in [3.63, 3.8) is 0 Å². The molecule has 4 heterocycles. The first-order chi connectivity index (χ1) is 12.7. The van der Waals surface area contributed by atoms with Crippen LogP contribution < -0.4 is 10.2 Å². The fourth-order valence-corrected chi connectivity index (χ4v) is 4.51. The molecule has 2 aliphatic rings. The Morgan fingerprint density at radius 1 is 1.15 bits per heavy atom. The minimum Gasteiger partial charge on any atom is -0.432 e. The second-order valence-electron chi connectivity index (χ2n) is 7.98. The first kappa shape index (κ1) is 16.0. The first-order valence-electron chi connectivity index (χ1n) is 9.87. The molecule has 2 N–H and O–H groups in total. The zero-order valence-electron chi connectivity index (χ0n) is 15.6. The normalized spacial score (nSPS) is 17.6. The van der Waals surface area contributed by atoms with Crippen LogP contribution in [0.4, 0.5) is 5.82 Å². The molecule has 6 nitrogen and oxygen atoms in total. The molecule has 26 heavy (non-hydrogen) atoms. The molecule has 136 valence electrons. The molecule has 0 bridgehead atoms. The summed E-state index contributed by atoms with van der Waals surface area (Å²) in [5, 5.41) is 3.48. The van der Waals surface area contributed by atoms with Crippen molar-refractivity contribution in [2.24, 2.45) is 5.92 Å². The Morgan fingerprint density at radius 3 is 2.77 bits per heavy atom. The lowest BCUT2D eigenvalue weighted by atomic mass is 9.99. The van der Waals surface area contributed by atoms with Crippen molar-refractivity contribution in [2.75, 3.05) is 31.1 Å². The summed E-state index contributed by atoms with van der Waals surface area (Å²) in [4.78, 5) is 16.5. The molecular formula is C20H26N5O+. The number of rotatable bonds is 3. The van der Waals surface area contributed by atoms with Crippen molar-refractivity contribution < 1.29 is 9.73 Å². The maximum absolute atomic E-state index is 6.30. The number of aromatic nitrogens is 3. The van der Waals surface area contributed by atoms with Gasteiger partial charge in [0.05, 0.1) is 31.6 Å². The smallest absolute Gasteiger partial charge is 0.229 e. The third-order valence-corrected chi connectivity index (χ3v) is 5.65. The molecule has 3 aromatic heterocycles. The van der Waals surface area contributed by atoms with Gasteiger partial charge in [-0.2, -0.15) is 0 Å². The topological polar surface area (TPSA) is 71.7 Å². The van der Waals surface area contributed by atoms with Gasteiger partial charge in [0.2, 0.25) is 5.71 Å². The minimum atomic E-state index is 0.592. The van der Waals surface area contributed by atoms with Crippen LogP contribution in [0.1, 0.15) is 37.1 Å². The Hall–Kier alpha value is -2.21. The lowest BCUT2D eigenvalue weighted by molar-refractivity contribution is -0.655. The van der Waals surface area contributed by atoms with Crippen LogP contribution in [0.25, 0.3) is 22.2 Å². The summed E-state index contributed by atoms with van der Waals surface area (Å²) in [7, 11) is 0. The summed E-state index contributed by atoms with van der Waals surface area (Å²) in [5.41, 5.74) is 6.60. The Kier molecular flexibility index (Phi) is 3.81. The van der Waals surface area contributed by atoms with E-state index in [2.05, 4.69) is 34.0 Å². The van der Waals surface area contributed by atoms with Crippen molar-refractivity contribution in [3.8, 4) is 0 Å². The SMILES string of the molecule is CC(C)Cc1nc2oc3c(N4CC[NH2+]CC4)ncnc3c2c2c1CCC2. The maximum Gasteiger partial charge on any atom is 0.229 e. The molecule has 0 aromatic carbocycles. The highest BCUT2D eigenvalue weighted by Crippen LogP contribution is 2.39. The largest absolute Gasteiger partial charge is 0.432 e. The molecule has 1 fully saturated rings. The van der Waals surface area contributed by atoms with Crippen molar-refractivity contribution in [3.05, 3.63) is 23.1 Å². The number of anilines is 1. The summed E-state index contributed by atoms with van der Waals surface area (Å²) in [6.45, 7) is 8.68. The van der Waals surface area contributed by atoms with Gasteiger partial charge in [-0.1, -0.05) is 13.8 Å². The van der Waals surface area contributed by atoms with E-state index < -0.39 is 0 Å². The number of hydrogen-bond acceptors (Lipinski definition) is 5. The van der Waals surface area contributed by atoms with Crippen LogP contribution in [0.15, 0.2) is 10.7 Å². The van der Waals surface area contributed by atoms with Crippen LogP contribution in [-0.4, -0.2) is 41.1 Å². The lowest BCUT2D eigenvalue weighted by Gasteiger charge is -2.25. The van der Waals surface area contributed by atoms with Gasteiger partial charge in [0.15, 0.2) is 11.4 Å². The van der Waals surface area contributed by atoms with E-state index in [-0.39, 0.29) is 0 Å². The van der Waals surface area contributed by atoms with Crippen LogP contribution in [0.5, 0.6) is 0 Å². The summed E-state index contributed by atoms with van der Waals surface area (Å²) in [5.74, 6) is 1.52. The molecule has 0 saturated carbocycles. The van der Waals surface area contributed by atoms with Crippen LogP contribution in [0.3, 0.4) is 0 Å². The van der Waals surface area contributed by atoms with E-state index in [0.717, 1.165) is 73.5 Å². The monoisotopic (exact) mass is 352 g/mol. The van der Waals surface area contributed by atoms with Crippen molar-refractivity contribution in [1.29, 1.82) is 0 Å². The summed E-state index contributed by atoms with van der Waals surface area (Å²) in [6.07, 6.45) is 6.14. The number of fused-ring (bicyclic) bond motifs is 5. The summed E-state index contributed by atoms with van der Waals surface area (Å²) in [6, 6.07) is 0. The van der Waals surface area contributed by atoms with E-state index in [9.17, 15) is 0 Å². The molecule has 3 aromatic rings. The van der Waals surface area contributed by atoms with E-state index in [1.165, 1.54) is 23.2 Å². The number of aryl methyl sites for hydroxylation is 1. The molecule has 1 saturated heterocycles. The van der Waals surface area contributed by atoms with Crippen molar-refractivity contribution in [2.45, 2.75) is 39.5 Å². The highest BCUT2D eigenvalue weighted by Gasteiger charge is 2.27. The standard InChI is InChI=1S/C20H25N5O/c1-12(2)10-15-13-4-3-5-14(13)16-17-18(26-20(16)24-15)19(23-11-22-17)25-8-6-21-7-9-25/h11-12,21H,3-10H2,1-2H3/p+1. The fourth-order valence-electron chi connectivity index (χ4n) is 4.51. The summed E-state index contributed by atoms with van der Waals surface area (Å²) < 4.78 is 6.30. The van der Waals surface area contributed by atoms with E-state index in [4.69, 9.17) is 9.40 Å². The molecule has 0 atom stereocenters. The third-order valence-electron chi connectivity index (χ3n) is 5.65. The predicted molar refractivity (Wildman–Crippen MR) is 102 cm³/mol. The summed E-state index contributed by atoms with van der Waals surface area (Å²) >= 11 is 0. The maximum atomic E-state index is 6.30. The predicted octanol–water partition coefficient (Wildman–Crippen LogP) is 1.84. The van der Waals surface area contributed by atoms with Gasteiger partial charge in [-0.25, -0.2) is 15.0 Å². The number of hydrogen-bond donors (Lipinski definition) is 1. The van der Waals surface area contributed by atoms with Crippen LogP contribution in [0.2, 0.25) is 0 Å². The first-order valence-corrected chi connectivity index (χ1v) is 9.87. The fraction of sp³-hybridized carbons (Fsp3) is 0.550. The Balaban J connectivity index is 1.74. The van der Waals surface area contributed by atoms with Crippen LogP contribution in [-0.2, 0) is 19.3 Å². The number of furan rings is 1. The van der Waals surface area contributed by atoms with Gasteiger partial charge in [0.1, 0.15) is 11.8 Å². The average molecular weight is 352 g/mol. The van der Waals surface area contributed by atoms with Gasteiger partial charge in [-0.15, -0.1) is 0 Å². The van der Waals surface area contributed by atoms with Gasteiger partial charge < -0.3 is 14.6 Å². The zero-order chi connectivity index (χ0) is 17.7. The Labute approximate surface area is 153 Å². The molecule has 0 radical (unpaired) electrons. The molecule has 1 aliphatic carbocycles. The van der Waals surface area contributed by atoms with E-state index in [1.807, 2.05) is 0 Å². The second-order valence-corrected chi connectivity index (χ2v) is 7.98. The average Bonchev–Trinajstić information content (AvgIpc) is 3.25. The molecule has 1 aliphatic heterocycles. The molecule has 5 rings (SSSR count). The highest BCUT2D eigenvalue weighted by atomic mass is 16.3. The molecule has 0 spiro atoms. The number of quaternary nitrogens is 1. The van der Waals surface area contributed by atoms with Gasteiger partial charge in [-0.3, -0.25) is 0 Å². The quantitative estimate of drug-likeness (QED) is 0.779.